The number of hydrogen-bond donors (Lipinski definition) is 2. The van der Waals surface area contributed by atoms with Crippen molar-refractivity contribution < 1.29 is 23.1 Å². The van der Waals surface area contributed by atoms with Crippen LogP contribution >= 0.6 is 0 Å². The standard InChI is InChI=1S/C10H16F3NO2/c1-2-14-9(8(15)16)5-3-4-7(6-9)10(11,12)13/h7,14H,2-6H2,1H3,(H,15,16). The molecular weight excluding hydrogens is 223 g/mol. The van der Waals surface area contributed by atoms with Gasteiger partial charge < -0.3 is 10.4 Å². The number of halogens is 3. The molecule has 0 spiro atoms. The Bertz CT molecular complexity index is 263. The molecule has 0 aromatic heterocycles. The number of alkyl halides is 3. The van der Waals surface area contributed by atoms with Gasteiger partial charge in [0.1, 0.15) is 5.54 Å². The first-order valence-corrected chi connectivity index (χ1v) is 5.37. The van der Waals surface area contributed by atoms with Gasteiger partial charge in [-0.3, -0.25) is 4.79 Å². The number of carboxylic acid groups (broad SMARTS) is 1. The maximum atomic E-state index is 12.6. The Morgan fingerprint density at radius 3 is 2.62 bits per heavy atom. The highest BCUT2D eigenvalue weighted by Gasteiger charge is 2.50. The SMILES string of the molecule is CCNC1(C(=O)O)CCCC(C(F)(F)F)C1. The van der Waals surface area contributed by atoms with Crippen LogP contribution in [-0.4, -0.2) is 29.3 Å². The summed E-state index contributed by atoms with van der Waals surface area (Å²) in [4.78, 5) is 11.1. The lowest BCUT2D eigenvalue weighted by atomic mass is 9.75. The lowest BCUT2D eigenvalue weighted by Gasteiger charge is -2.38. The molecule has 6 heteroatoms. The number of carboxylic acids is 1. The predicted octanol–water partition coefficient (Wildman–Crippen LogP) is 2.17. The summed E-state index contributed by atoms with van der Waals surface area (Å²) in [7, 11) is 0. The van der Waals surface area contributed by atoms with Gasteiger partial charge in [-0.05, 0) is 25.8 Å². The van der Waals surface area contributed by atoms with Crippen molar-refractivity contribution in [2.45, 2.75) is 44.3 Å². The smallest absolute Gasteiger partial charge is 0.391 e. The molecule has 1 fully saturated rings. The second-order valence-electron chi connectivity index (χ2n) is 4.25. The number of hydrogen-bond acceptors (Lipinski definition) is 2. The van der Waals surface area contributed by atoms with Crippen molar-refractivity contribution in [3.63, 3.8) is 0 Å². The van der Waals surface area contributed by atoms with Gasteiger partial charge >= 0.3 is 12.1 Å². The van der Waals surface area contributed by atoms with E-state index < -0.39 is 23.6 Å². The van der Waals surface area contributed by atoms with Crippen LogP contribution in [0.15, 0.2) is 0 Å². The average molecular weight is 239 g/mol. The van der Waals surface area contributed by atoms with E-state index in [1.807, 2.05) is 0 Å². The molecule has 0 amide bonds. The van der Waals surface area contributed by atoms with Crippen molar-refractivity contribution in [3.05, 3.63) is 0 Å². The van der Waals surface area contributed by atoms with Gasteiger partial charge in [-0.1, -0.05) is 13.3 Å². The predicted molar refractivity (Wildman–Crippen MR) is 52.1 cm³/mol. The molecule has 94 valence electrons. The van der Waals surface area contributed by atoms with E-state index in [-0.39, 0.29) is 19.3 Å². The van der Waals surface area contributed by atoms with Gasteiger partial charge in [-0.25, -0.2) is 0 Å². The lowest BCUT2D eigenvalue weighted by molar-refractivity contribution is -0.191. The molecule has 0 saturated heterocycles. The van der Waals surface area contributed by atoms with Crippen molar-refractivity contribution >= 4 is 5.97 Å². The van der Waals surface area contributed by atoms with Gasteiger partial charge in [-0.2, -0.15) is 13.2 Å². The zero-order valence-corrected chi connectivity index (χ0v) is 9.10. The summed E-state index contributed by atoms with van der Waals surface area (Å²) in [5.41, 5.74) is -1.40. The third-order valence-electron chi connectivity index (χ3n) is 3.14. The second-order valence-corrected chi connectivity index (χ2v) is 4.25. The van der Waals surface area contributed by atoms with Crippen LogP contribution in [-0.2, 0) is 4.79 Å². The summed E-state index contributed by atoms with van der Waals surface area (Å²) in [6.45, 7) is 2.05. The fourth-order valence-electron chi connectivity index (χ4n) is 2.32. The monoisotopic (exact) mass is 239 g/mol. The van der Waals surface area contributed by atoms with Crippen LogP contribution in [0.5, 0.6) is 0 Å². The summed E-state index contributed by atoms with van der Waals surface area (Å²) in [6.07, 6.45) is -4.06. The van der Waals surface area contributed by atoms with E-state index in [2.05, 4.69) is 5.32 Å². The molecule has 2 unspecified atom stereocenters. The Labute approximate surface area is 92.0 Å². The topological polar surface area (TPSA) is 49.3 Å². The van der Waals surface area contributed by atoms with Crippen molar-refractivity contribution in [1.29, 1.82) is 0 Å². The third-order valence-corrected chi connectivity index (χ3v) is 3.14. The van der Waals surface area contributed by atoms with E-state index in [0.717, 1.165) is 0 Å². The first kappa shape index (κ1) is 13.3. The highest BCUT2D eigenvalue weighted by atomic mass is 19.4. The molecular formula is C10H16F3NO2. The Balaban J connectivity index is 2.83. The second kappa shape index (κ2) is 4.61. The van der Waals surface area contributed by atoms with Crippen molar-refractivity contribution in [3.8, 4) is 0 Å². The molecule has 0 aromatic carbocycles. The average Bonchev–Trinajstić information content (AvgIpc) is 2.17. The van der Waals surface area contributed by atoms with E-state index in [0.29, 0.717) is 13.0 Å². The van der Waals surface area contributed by atoms with Crippen molar-refractivity contribution in [2.24, 2.45) is 5.92 Å². The Hall–Kier alpha value is -0.780. The summed E-state index contributed by atoms with van der Waals surface area (Å²) in [6, 6.07) is 0. The van der Waals surface area contributed by atoms with Crippen LogP contribution in [0.1, 0.15) is 32.6 Å². The maximum Gasteiger partial charge on any atom is 0.391 e. The van der Waals surface area contributed by atoms with Crippen LogP contribution in [0.2, 0.25) is 0 Å². The number of likely N-dealkylation sites (N-methyl/N-ethyl adjacent to an activating group) is 1. The molecule has 1 aliphatic rings. The number of carbonyl (C=O) groups is 1. The Morgan fingerprint density at radius 1 is 1.56 bits per heavy atom. The highest BCUT2D eigenvalue weighted by molar-refractivity contribution is 5.79. The van der Waals surface area contributed by atoms with E-state index >= 15 is 0 Å². The molecule has 16 heavy (non-hydrogen) atoms. The molecule has 0 radical (unpaired) electrons. The van der Waals surface area contributed by atoms with Gasteiger partial charge in [0.25, 0.3) is 0 Å². The van der Waals surface area contributed by atoms with Crippen LogP contribution < -0.4 is 5.32 Å². The molecule has 3 nitrogen and oxygen atoms in total. The minimum absolute atomic E-state index is 0.0317. The van der Waals surface area contributed by atoms with Gasteiger partial charge in [-0.15, -0.1) is 0 Å². The number of nitrogens with one attached hydrogen (secondary N) is 1. The Morgan fingerprint density at radius 2 is 2.19 bits per heavy atom. The van der Waals surface area contributed by atoms with Crippen LogP contribution in [0.3, 0.4) is 0 Å². The molecule has 0 heterocycles. The van der Waals surface area contributed by atoms with E-state index in [9.17, 15) is 18.0 Å². The molecule has 1 saturated carbocycles. The minimum Gasteiger partial charge on any atom is -0.480 e. The normalized spacial score (nSPS) is 31.4. The fraction of sp³-hybridized carbons (Fsp3) is 0.900. The quantitative estimate of drug-likeness (QED) is 0.793. The fourth-order valence-corrected chi connectivity index (χ4v) is 2.32. The number of aliphatic carboxylic acids is 1. The highest BCUT2D eigenvalue weighted by Crippen LogP contribution is 2.41. The third kappa shape index (κ3) is 2.66. The van der Waals surface area contributed by atoms with Gasteiger partial charge in [0.15, 0.2) is 0 Å². The van der Waals surface area contributed by atoms with Crippen LogP contribution in [0.25, 0.3) is 0 Å². The van der Waals surface area contributed by atoms with E-state index in [4.69, 9.17) is 5.11 Å². The van der Waals surface area contributed by atoms with E-state index in [1.54, 1.807) is 6.92 Å². The molecule has 1 aliphatic carbocycles. The molecule has 1 rings (SSSR count). The van der Waals surface area contributed by atoms with Gasteiger partial charge in [0, 0.05) is 0 Å². The van der Waals surface area contributed by atoms with Crippen molar-refractivity contribution in [1.82, 2.24) is 5.32 Å². The maximum absolute atomic E-state index is 12.6. The lowest BCUT2D eigenvalue weighted by Crippen LogP contribution is -2.56. The number of rotatable bonds is 3. The summed E-state index contributed by atoms with van der Waals surface area (Å²) >= 11 is 0. The van der Waals surface area contributed by atoms with Gasteiger partial charge in [0.2, 0.25) is 0 Å². The van der Waals surface area contributed by atoms with Crippen LogP contribution in [0, 0.1) is 5.92 Å². The first-order chi connectivity index (χ1) is 7.32. The molecule has 0 bridgehead atoms. The van der Waals surface area contributed by atoms with Crippen molar-refractivity contribution in [2.75, 3.05) is 6.54 Å². The zero-order valence-electron chi connectivity index (χ0n) is 9.10. The first-order valence-electron chi connectivity index (χ1n) is 5.37. The summed E-state index contributed by atoms with van der Waals surface area (Å²) in [5, 5.41) is 11.8. The van der Waals surface area contributed by atoms with E-state index in [1.165, 1.54) is 0 Å². The molecule has 2 N–H and O–H groups in total. The molecule has 0 aliphatic heterocycles. The zero-order chi connectivity index (χ0) is 12.4. The Kier molecular flexibility index (Phi) is 3.83. The molecule has 2 atom stereocenters. The van der Waals surface area contributed by atoms with Crippen LogP contribution in [0.4, 0.5) is 13.2 Å². The largest absolute Gasteiger partial charge is 0.480 e. The molecule has 0 aromatic rings. The summed E-state index contributed by atoms with van der Waals surface area (Å²) < 4.78 is 37.7. The van der Waals surface area contributed by atoms with Gasteiger partial charge in [0.05, 0.1) is 5.92 Å². The minimum atomic E-state index is -4.30. The summed E-state index contributed by atoms with van der Waals surface area (Å²) in [5.74, 6) is -2.68.